The fourth-order valence-corrected chi connectivity index (χ4v) is 1.31. The number of hydrogen-bond donors (Lipinski definition) is 0. The maximum Gasteiger partial charge on any atom is 0.129 e. The summed E-state index contributed by atoms with van der Waals surface area (Å²) in [7, 11) is 0. The lowest BCUT2D eigenvalue weighted by molar-refractivity contribution is 0.235. The predicted molar refractivity (Wildman–Crippen MR) is 64.5 cm³/mol. The molecule has 0 aliphatic rings. The molecule has 0 radical (unpaired) electrons. The van der Waals surface area contributed by atoms with Gasteiger partial charge in [-0.15, -0.1) is 0 Å². The van der Waals surface area contributed by atoms with Crippen molar-refractivity contribution < 1.29 is 4.74 Å². The van der Waals surface area contributed by atoms with Crippen molar-refractivity contribution in [2.24, 2.45) is 0 Å². The first-order chi connectivity index (χ1) is 7.95. The molecule has 0 saturated heterocycles. The Labute approximate surface area is 95.2 Å². The lowest BCUT2D eigenvalue weighted by Gasteiger charge is -1.99. The van der Waals surface area contributed by atoms with Crippen molar-refractivity contribution in [1.29, 1.82) is 0 Å². The van der Waals surface area contributed by atoms with E-state index in [1.54, 1.807) is 12.5 Å². The molecule has 0 fully saturated rings. The summed E-state index contributed by atoms with van der Waals surface area (Å²) in [6, 6.07) is 15.8. The molecule has 1 aromatic heterocycles. The van der Waals surface area contributed by atoms with Crippen molar-refractivity contribution in [3.05, 3.63) is 72.2 Å². The summed E-state index contributed by atoms with van der Waals surface area (Å²) in [5.74, 6) is 0. The molecule has 0 bridgehead atoms. The van der Waals surface area contributed by atoms with Crippen LogP contribution in [0, 0.1) is 0 Å². The van der Waals surface area contributed by atoms with E-state index in [1.165, 1.54) is 0 Å². The molecule has 0 aliphatic carbocycles. The lowest BCUT2D eigenvalue weighted by Crippen LogP contribution is -1.89. The number of pyridine rings is 1. The third-order valence-electron chi connectivity index (χ3n) is 2.11. The Hall–Kier alpha value is -2.09. The van der Waals surface area contributed by atoms with Crippen LogP contribution in [0.5, 0.6) is 0 Å². The first-order valence-corrected chi connectivity index (χ1v) is 5.18. The van der Waals surface area contributed by atoms with E-state index in [9.17, 15) is 0 Å². The first kappa shape index (κ1) is 10.4. The van der Waals surface area contributed by atoms with Crippen LogP contribution < -0.4 is 0 Å². The first-order valence-electron chi connectivity index (χ1n) is 5.18. The molecular formula is C14H13NO. The molecule has 0 amide bonds. The Morgan fingerprint density at radius 3 is 2.56 bits per heavy atom. The quantitative estimate of drug-likeness (QED) is 0.724. The Morgan fingerprint density at radius 2 is 1.81 bits per heavy atom. The van der Waals surface area contributed by atoms with Gasteiger partial charge < -0.3 is 4.74 Å². The van der Waals surface area contributed by atoms with Crippen LogP contribution in [0.4, 0.5) is 0 Å². The molecule has 2 aromatic rings. The maximum atomic E-state index is 5.38. The van der Waals surface area contributed by atoms with E-state index < -0.39 is 0 Å². The van der Waals surface area contributed by atoms with Gasteiger partial charge >= 0.3 is 0 Å². The van der Waals surface area contributed by atoms with Gasteiger partial charge in [0.1, 0.15) is 6.61 Å². The third kappa shape index (κ3) is 3.24. The normalized spacial score (nSPS) is 10.5. The van der Waals surface area contributed by atoms with Crippen molar-refractivity contribution in [2.45, 2.75) is 6.61 Å². The van der Waals surface area contributed by atoms with E-state index >= 15 is 0 Å². The van der Waals surface area contributed by atoms with Crippen molar-refractivity contribution in [1.82, 2.24) is 4.98 Å². The van der Waals surface area contributed by atoms with Gasteiger partial charge in [0.15, 0.2) is 0 Å². The van der Waals surface area contributed by atoms with Crippen molar-refractivity contribution in [3.8, 4) is 0 Å². The lowest BCUT2D eigenvalue weighted by atomic mass is 10.2. The summed E-state index contributed by atoms with van der Waals surface area (Å²) >= 11 is 0. The summed E-state index contributed by atoms with van der Waals surface area (Å²) in [6.07, 6.45) is 5.40. The molecule has 2 nitrogen and oxygen atoms in total. The highest BCUT2D eigenvalue weighted by Gasteiger charge is 1.89. The fourth-order valence-electron chi connectivity index (χ4n) is 1.31. The topological polar surface area (TPSA) is 22.1 Å². The molecule has 80 valence electrons. The number of hydrogen-bond acceptors (Lipinski definition) is 2. The van der Waals surface area contributed by atoms with Gasteiger partial charge in [0.05, 0.1) is 12.0 Å². The van der Waals surface area contributed by atoms with Gasteiger partial charge in [0, 0.05) is 6.20 Å². The molecular weight excluding hydrogens is 198 g/mol. The van der Waals surface area contributed by atoms with Crippen molar-refractivity contribution >= 4 is 6.08 Å². The van der Waals surface area contributed by atoms with E-state index in [4.69, 9.17) is 4.74 Å². The van der Waals surface area contributed by atoms with Crippen LogP contribution in [0.1, 0.15) is 11.3 Å². The third-order valence-corrected chi connectivity index (χ3v) is 2.11. The van der Waals surface area contributed by atoms with Gasteiger partial charge in [-0.3, -0.25) is 4.98 Å². The van der Waals surface area contributed by atoms with Crippen LogP contribution in [-0.4, -0.2) is 4.98 Å². The average molecular weight is 211 g/mol. The molecule has 1 aromatic carbocycles. The van der Waals surface area contributed by atoms with Gasteiger partial charge in [-0.1, -0.05) is 36.4 Å². The minimum atomic E-state index is 0.504. The Kier molecular flexibility index (Phi) is 3.72. The van der Waals surface area contributed by atoms with Crippen LogP contribution in [0.15, 0.2) is 61.0 Å². The fraction of sp³-hybridized carbons (Fsp3) is 0.0714. The van der Waals surface area contributed by atoms with Crippen LogP contribution >= 0.6 is 0 Å². The van der Waals surface area contributed by atoms with Gasteiger partial charge in [-0.2, -0.15) is 0 Å². The molecule has 0 saturated carbocycles. The SMILES string of the molecule is C(=C/c1ccccc1)/OCc1ccccn1. The van der Waals surface area contributed by atoms with Gasteiger partial charge in [0.2, 0.25) is 0 Å². The number of benzene rings is 1. The maximum absolute atomic E-state index is 5.38. The Balaban J connectivity index is 1.83. The van der Waals surface area contributed by atoms with Crippen LogP contribution in [0.25, 0.3) is 6.08 Å². The minimum Gasteiger partial charge on any atom is -0.495 e. The molecule has 2 heteroatoms. The largest absolute Gasteiger partial charge is 0.495 e. The molecule has 0 atom stereocenters. The van der Waals surface area contributed by atoms with Gasteiger partial charge in [0.25, 0.3) is 0 Å². The summed E-state index contributed by atoms with van der Waals surface area (Å²) in [4.78, 5) is 4.16. The molecule has 2 rings (SSSR count). The van der Waals surface area contributed by atoms with E-state index in [0.29, 0.717) is 6.61 Å². The summed E-state index contributed by atoms with van der Waals surface area (Å²) in [5.41, 5.74) is 2.06. The number of aromatic nitrogens is 1. The molecule has 0 aliphatic heterocycles. The summed E-state index contributed by atoms with van der Waals surface area (Å²) < 4.78 is 5.38. The zero-order valence-corrected chi connectivity index (χ0v) is 8.91. The van der Waals surface area contributed by atoms with Gasteiger partial charge in [-0.25, -0.2) is 0 Å². The number of rotatable bonds is 4. The van der Waals surface area contributed by atoms with Crippen LogP contribution in [0.3, 0.4) is 0 Å². The average Bonchev–Trinajstić information content (AvgIpc) is 2.37. The summed E-state index contributed by atoms with van der Waals surface area (Å²) in [5, 5.41) is 0. The van der Waals surface area contributed by atoms with E-state index in [-0.39, 0.29) is 0 Å². The molecule has 0 unspecified atom stereocenters. The zero-order chi connectivity index (χ0) is 11.1. The highest BCUT2D eigenvalue weighted by atomic mass is 16.5. The zero-order valence-electron chi connectivity index (χ0n) is 8.91. The Bertz CT molecular complexity index is 437. The second-order valence-electron chi connectivity index (χ2n) is 3.35. The van der Waals surface area contributed by atoms with E-state index in [2.05, 4.69) is 4.98 Å². The molecule has 1 heterocycles. The Morgan fingerprint density at radius 1 is 1.00 bits per heavy atom. The smallest absolute Gasteiger partial charge is 0.129 e. The van der Waals surface area contributed by atoms with E-state index in [1.807, 2.05) is 54.6 Å². The second-order valence-corrected chi connectivity index (χ2v) is 3.35. The van der Waals surface area contributed by atoms with Crippen molar-refractivity contribution in [2.75, 3.05) is 0 Å². The number of nitrogens with zero attached hydrogens (tertiary/aromatic N) is 1. The minimum absolute atomic E-state index is 0.504. The monoisotopic (exact) mass is 211 g/mol. The highest BCUT2D eigenvalue weighted by molar-refractivity contribution is 5.47. The molecule has 0 N–H and O–H groups in total. The summed E-state index contributed by atoms with van der Waals surface area (Å²) in [6.45, 7) is 0.504. The second kappa shape index (κ2) is 5.71. The number of ether oxygens (including phenoxy) is 1. The van der Waals surface area contributed by atoms with E-state index in [0.717, 1.165) is 11.3 Å². The standard InChI is InChI=1S/C14H13NO/c1-2-6-13(7-3-1)9-11-16-12-14-8-4-5-10-15-14/h1-11H,12H2/b11-9-. The molecule has 0 spiro atoms. The predicted octanol–water partition coefficient (Wildman–Crippen LogP) is 3.27. The van der Waals surface area contributed by atoms with Crippen molar-refractivity contribution in [3.63, 3.8) is 0 Å². The van der Waals surface area contributed by atoms with Crippen LogP contribution in [0.2, 0.25) is 0 Å². The molecule has 16 heavy (non-hydrogen) atoms. The van der Waals surface area contributed by atoms with Crippen LogP contribution in [-0.2, 0) is 11.3 Å². The highest BCUT2D eigenvalue weighted by Crippen LogP contribution is 2.02. The van der Waals surface area contributed by atoms with Gasteiger partial charge in [-0.05, 0) is 23.8 Å².